The highest BCUT2D eigenvalue weighted by Crippen LogP contribution is 2.12. The first-order valence-electron chi connectivity index (χ1n) is 6.17. The summed E-state index contributed by atoms with van der Waals surface area (Å²) in [7, 11) is 1.71. The summed E-state index contributed by atoms with van der Waals surface area (Å²) in [5.74, 6) is 7.55. The molecule has 0 amide bonds. The van der Waals surface area contributed by atoms with E-state index in [1.54, 1.807) is 31.5 Å². The van der Waals surface area contributed by atoms with Crippen LogP contribution < -0.4 is 22.5 Å². The van der Waals surface area contributed by atoms with Gasteiger partial charge in [0.05, 0.1) is 0 Å². The van der Waals surface area contributed by atoms with Gasteiger partial charge in [-0.2, -0.15) is 0 Å². The van der Waals surface area contributed by atoms with Crippen LogP contribution in [-0.4, -0.2) is 15.4 Å². The van der Waals surface area contributed by atoms with Crippen LogP contribution in [0.1, 0.15) is 12.5 Å². The van der Waals surface area contributed by atoms with Crippen molar-refractivity contribution in [1.82, 2.24) is 14.9 Å². The fourth-order valence-electron chi connectivity index (χ4n) is 1.84. The van der Waals surface area contributed by atoms with Crippen molar-refractivity contribution in [2.45, 2.75) is 13.5 Å². The predicted molar refractivity (Wildman–Crippen MR) is 78.0 cm³/mol. The van der Waals surface area contributed by atoms with Crippen molar-refractivity contribution in [2.24, 2.45) is 23.6 Å². The Labute approximate surface area is 116 Å². The summed E-state index contributed by atoms with van der Waals surface area (Å²) in [5.41, 5.74) is 6.65. The summed E-state index contributed by atoms with van der Waals surface area (Å²) in [6, 6.07) is 3.30. The van der Waals surface area contributed by atoms with Gasteiger partial charge in [0.15, 0.2) is 0 Å². The lowest BCUT2D eigenvalue weighted by Crippen LogP contribution is -2.39. The van der Waals surface area contributed by atoms with Gasteiger partial charge in [-0.15, -0.1) is 0 Å². The van der Waals surface area contributed by atoms with Crippen LogP contribution >= 0.6 is 0 Å². The van der Waals surface area contributed by atoms with Crippen LogP contribution in [0, 0.1) is 0 Å². The van der Waals surface area contributed by atoms with E-state index in [0.717, 1.165) is 5.56 Å². The molecular weight excluding hydrogens is 256 g/mol. The molecule has 0 radical (unpaired) electrons. The van der Waals surface area contributed by atoms with Gasteiger partial charge in [0.25, 0.3) is 0 Å². The van der Waals surface area contributed by atoms with Crippen molar-refractivity contribution < 1.29 is 0 Å². The fraction of sp³-hybridized carbons (Fsp3) is 0.231. The lowest BCUT2D eigenvalue weighted by atomic mass is 10.3. The highest BCUT2D eigenvalue weighted by Gasteiger charge is 2.15. The fourth-order valence-corrected chi connectivity index (χ4v) is 1.84. The number of aliphatic imine (C=N–C) groups is 1. The molecule has 1 aromatic heterocycles. The topological polar surface area (TPSA) is 102 Å². The maximum absolute atomic E-state index is 11.3. The Hall–Kier alpha value is -2.54. The molecule has 0 aromatic carbocycles. The smallest absolute Gasteiger partial charge is 0.250 e. The molecule has 1 aliphatic rings. The van der Waals surface area contributed by atoms with Crippen LogP contribution in [0.15, 0.2) is 51.9 Å². The molecule has 0 saturated carbocycles. The number of amidine groups is 1. The van der Waals surface area contributed by atoms with Gasteiger partial charge in [0.1, 0.15) is 17.5 Å². The molecule has 20 heavy (non-hydrogen) atoms. The number of rotatable bonds is 3. The zero-order chi connectivity index (χ0) is 14.7. The third-order valence-corrected chi connectivity index (χ3v) is 2.91. The minimum Gasteiger partial charge on any atom is -0.384 e. The summed E-state index contributed by atoms with van der Waals surface area (Å²) in [6.45, 7) is 2.36. The van der Waals surface area contributed by atoms with Crippen molar-refractivity contribution in [2.75, 3.05) is 0 Å². The van der Waals surface area contributed by atoms with Crippen molar-refractivity contribution >= 4 is 5.84 Å². The lowest BCUT2D eigenvalue weighted by molar-refractivity contribution is 0.400. The van der Waals surface area contributed by atoms with E-state index in [1.165, 1.54) is 15.6 Å². The Morgan fingerprint density at radius 2 is 2.20 bits per heavy atom. The normalized spacial score (nSPS) is 16.9. The standard InChI is InChI=1S/C13H18N6O/c1-3-11-17-10(14)6-12(19(11)15)16-7-9-4-5-13(20)18(2)8-9/h3-6,8,16H,7,15H2,1-2H3,(H2,14,17)/b11-3-. The Morgan fingerprint density at radius 3 is 2.85 bits per heavy atom. The molecule has 0 atom stereocenters. The molecule has 2 heterocycles. The highest BCUT2D eigenvalue weighted by molar-refractivity contribution is 5.93. The molecule has 0 saturated heterocycles. The van der Waals surface area contributed by atoms with Crippen LogP contribution in [0.4, 0.5) is 0 Å². The number of hydrazine groups is 1. The third kappa shape index (κ3) is 2.89. The Morgan fingerprint density at radius 1 is 1.45 bits per heavy atom. The minimum atomic E-state index is -0.0429. The van der Waals surface area contributed by atoms with Gasteiger partial charge in [-0.25, -0.2) is 15.8 Å². The molecule has 7 heteroatoms. The number of aryl methyl sites for hydroxylation is 1. The van der Waals surface area contributed by atoms with Gasteiger partial charge in [-0.1, -0.05) is 6.07 Å². The number of allylic oxidation sites excluding steroid dienone is 1. The van der Waals surface area contributed by atoms with Crippen molar-refractivity contribution in [3.8, 4) is 0 Å². The Bertz CT molecular complexity index is 655. The minimum absolute atomic E-state index is 0.0429. The van der Waals surface area contributed by atoms with Gasteiger partial charge in [-0.3, -0.25) is 4.79 Å². The Balaban J connectivity index is 2.12. The number of nitrogens with zero attached hydrogens (tertiary/aromatic N) is 3. The van der Waals surface area contributed by atoms with E-state index in [4.69, 9.17) is 11.6 Å². The number of aromatic nitrogens is 1. The van der Waals surface area contributed by atoms with Gasteiger partial charge in [0, 0.05) is 31.9 Å². The molecular formula is C13H18N6O. The van der Waals surface area contributed by atoms with Gasteiger partial charge >= 0.3 is 0 Å². The summed E-state index contributed by atoms with van der Waals surface area (Å²) in [6.07, 6.45) is 5.20. The van der Waals surface area contributed by atoms with E-state index in [-0.39, 0.29) is 5.56 Å². The second-order valence-corrected chi connectivity index (χ2v) is 4.42. The molecule has 0 spiro atoms. The summed E-state index contributed by atoms with van der Waals surface area (Å²) in [4.78, 5) is 15.4. The second-order valence-electron chi connectivity index (χ2n) is 4.42. The summed E-state index contributed by atoms with van der Waals surface area (Å²) < 4.78 is 1.53. The highest BCUT2D eigenvalue weighted by atomic mass is 16.1. The zero-order valence-electron chi connectivity index (χ0n) is 11.5. The van der Waals surface area contributed by atoms with E-state index >= 15 is 0 Å². The first kappa shape index (κ1) is 13.9. The number of pyridine rings is 1. The van der Waals surface area contributed by atoms with Gasteiger partial charge in [-0.05, 0) is 18.6 Å². The molecule has 2 rings (SSSR count). The van der Waals surface area contributed by atoms with Gasteiger partial charge < -0.3 is 15.6 Å². The SMILES string of the molecule is C/C=C1/N=C(N)C=C(NCc2ccc(=O)n(C)c2)N1N. The maximum Gasteiger partial charge on any atom is 0.250 e. The number of nitrogens with two attached hydrogens (primary N) is 2. The van der Waals surface area contributed by atoms with E-state index in [1.807, 2.05) is 6.92 Å². The molecule has 7 nitrogen and oxygen atoms in total. The third-order valence-electron chi connectivity index (χ3n) is 2.91. The van der Waals surface area contributed by atoms with Crippen LogP contribution in [0.3, 0.4) is 0 Å². The largest absolute Gasteiger partial charge is 0.384 e. The number of nitrogens with one attached hydrogen (secondary N) is 1. The second kappa shape index (κ2) is 5.62. The lowest BCUT2D eigenvalue weighted by Gasteiger charge is -2.26. The molecule has 0 unspecified atom stereocenters. The van der Waals surface area contributed by atoms with E-state index < -0.39 is 0 Å². The van der Waals surface area contributed by atoms with Crippen molar-refractivity contribution in [3.63, 3.8) is 0 Å². The monoisotopic (exact) mass is 274 g/mol. The molecule has 0 fully saturated rings. The maximum atomic E-state index is 11.3. The average molecular weight is 274 g/mol. The first-order chi connectivity index (χ1) is 9.51. The number of hydrogen-bond acceptors (Lipinski definition) is 6. The molecule has 0 bridgehead atoms. The molecule has 0 aliphatic carbocycles. The van der Waals surface area contributed by atoms with E-state index in [0.29, 0.717) is 24.0 Å². The van der Waals surface area contributed by atoms with Gasteiger partial charge in [0.2, 0.25) is 5.56 Å². The van der Waals surface area contributed by atoms with Crippen molar-refractivity contribution in [3.05, 3.63) is 58.0 Å². The number of hydrogen-bond donors (Lipinski definition) is 3. The van der Waals surface area contributed by atoms with E-state index in [2.05, 4.69) is 10.3 Å². The quantitative estimate of drug-likeness (QED) is 0.658. The molecule has 1 aliphatic heterocycles. The van der Waals surface area contributed by atoms with E-state index in [9.17, 15) is 4.79 Å². The van der Waals surface area contributed by atoms with Crippen molar-refractivity contribution in [1.29, 1.82) is 0 Å². The van der Waals surface area contributed by atoms with Crippen LogP contribution in [0.2, 0.25) is 0 Å². The average Bonchev–Trinajstić information content (AvgIpc) is 2.43. The predicted octanol–water partition coefficient (Wildman–Crippen LogP) is -0.276. The first-order valence-corrected chi connectivity index (χ1v) is 6.17. The van der Waals surface area contributed by atoms with Crippen LogP contribution in [0.5, 0.6) is 0 Å². The zero-order valence-corrected chi connectivity index (χ0v) is 11.5. The molecule has 5 N–H and O–H groups in total. The van der Waals surface area contributed by atoms with Crippen LogP contribution in [-0.2, 0) is 13.6 Å². The summed E-state index contributed by atoms with van der Waals surface area (Å²) >= 11 is 0. The Kier molecular flexibility index (Phi) is 3.90. The summed E-state index contributed by atoms with van der Waals surface area (Å²) in [5, 5.41) is 4.60. The molecule has 106 valence electrons. The van der Waals surface area contributed by atoms with Crippen LogP contribution in [0.25, 0.3) is 0 Å². The molecule has 1 aromatic rings.